The summed E-state index contributed by atoms with van der Waals surface area (Å²) >= 11 is 5.88. The van der Waals surface area contributed by atoms with Gasteiger partial charge in [0.1, 0.15) is 6.07 Å². The van der Waals surface area contributed by atoms with Gasteiger partial charge in [0.05, 0.1) is 11.1 Å². The van der Waals surface area contributed by atoms with Gasteiger partial charge in [0.2, 0.25) is 0 Å². The molecule has 0 bridgehead atoms. The Bertz CT molecular complexity index is 541. The number of halogens is 1. The molecule has 0 aliphatic carbocycles. The minimum Gasteiger partial charge on any atom is -0.255 e. The maximum Gasteiger partial charge on any atom is 0.101 e. The van der Waals surface area contributed by atoms with Gasteiger partial charge in [0, 0.05) is 16.6 Å². The Kier molecular flexibility index (Phi) is 2.11. The molecule has 0 unspecified atom stereocenters. The summed E-state index contributed by atoms with van der Waals surface area (Å²) in [5.41, 5.74) is 2.39. The number of nitrogens with zero attached hydrogens (tertiary/aromatic N) is 2. The fourth-order valence-electron chi connectivity index (χ4n) is 1.41. The van der Waals surface area contributed by atoms with Gasteiger partial charge in [-0.3, -0.25) is 4.98 Å². The van der Waals surface area contributed by atoms with Crippen molar-refractivity contribution in [2.75, 3.05) is 0 Å². The lowest BCUT2D eigenvalue weighted by atomic mass is 10.1. The molecule has 1 heterocycles. The first-order chi connectivity index (χ1) is 6.72. The summed E-state index contributed by atoms with van der Waals surface area (Å²) in [5.74, 6) is 0. The first-order valence-corrected chi connectivity index (χ1v) is 4.55. The monoisotopic (exact) mass is 202 g/mol. The molecule has 2 aromatic rings. The van der Waals surface area contributed by atoms with E-state index in [0.29, 0.717) is 10.6 Å². The van der Waals surface area contributed by atoms with Crippen molar-refractivity contribution in [2.24, 2.45) is 0 Å². The van der Waals surface area contributed by atoms with Crippen LogP contribution in [0.5, 0.6) is 0 Å². The van der Waals surface area contributed by atoms with Crippen LogP contribution in [0.15, 0.2) is 24.4 Å². The van der Waals surface area contributed by atoms with Crippen LogP contribution < -0.4 is 0 Å². The summed E-state index contributed by atoms with van der Waals surface area (Å²) in [4.78, 5) is 4.17. The molecular weight excluding hydrogens is 196 g/mol. The molecule has 3 heteroatoms. The summed E-state index contributed by atoms with van der Waals surface area (Å²) in [7, 11) is 0. The number of pyridine rings is 1. The molecule has 0 aliphatic heterocycles. The van der Waals surface area contributed by atoms with Gasteiger partial charge in [-0.15, -0.1) is 0 Å². The average molecular weight is 203 g/mol. The molecule has 0 radical (unpaired) electrons. The van der Waals surface area contributed by atoms with Crippen LogP contribution in [-0.2, 0) is 0 Å². The predicted octanol–water partition coefficient (Wildman–Crippen LogP) is 3.07. The van der Waals surface area contributed by atoms with Crippen molar-refractivity contribution in [3.8, 4) is 6.07 Å². The number of rotatable bonds is 0. The molecule has 0 fully saturated rings. The van der Waals surface area contributed by atoms with Crippen molar-refractivity contribution in [1.29, 1.82) is 5.26 Å². The van der Waals surface area contributed by atoms with Gasteiger partial charge in [-0.05, 0) is 30.7 Å². The van der Waals surface area contributed by atoms with Gasteiger partial charge in [-0.2, -0.15) is 5.26 Å². The van der Waals surface area contributed by atoms with Crippen LogP contribution in [0.4, 0.5) is 0 Å². The van der Waals surface area contributed by atoms with Crippen molar-refractivity contribution in [2.45, 2.75) is 6.92 Å². The van der Waals surface area contributed by atoms with Gasteiger partial charge in [-0.25, -0.2) is 0 Å². The number of aromatic nitrogens is 1. The Balaban J connectivity index is 2.88. The third-order valence-corrected chi connectivity index (χ3v) is 2.45. The predicted molar refractivity (Wildman–Crippen MR) is 56.2 cm³/mol. The summed E-state index contributed by atoms with van der Waals surface area (Å²) in [6, 6.07) is 7.58. The summed E-state index contributed by atoms with van der Waals surface area (Å²) in [5, 5.41) is 10.4. The summed E-state index contributed by atoms with van der Waals surface area (Å²) < 4.78 is 0. The molecule has 0 N–H and O–H groups in total. The second-order valence-electron chi connectivity index (χ2n) is 3.07. The van der Waals surface area contributed by atoms with E-state index in [1.54, 1.807) is 12.3 Å². The van der Waals surface area contributed by atoms with Gasteiger partial charge in [0.15, 0.2) is 0 Å². The minimum absolute atomic E-state index is 0.597. The molecule has 14 heavy (non-hydrogen) atoms. The van der Waals surface area contributed by atoms with Crippen LogP contribution in [0, 0.1) is 18.3 Å². The Morgan fingerprint density at radius 1 is 1.43 bits per heavy atom. The van der Waals surface area contributed by atoms with Crippen LogP contribution in [0.25, 0.3) is 10.9 Å². The Morgan fingerprint density at radius 2 is 2.21 bits per heavy atom. The van der Waals surface area contributed by atoms with E-state index in [-0.39, 0.29) is 0 Å². The fraction of sp³-hybridized carbons (Fsp3) is 0.0909. The fourth-order valence-corrected chi connectivity index (χ4v) is 1.58. The lowest BCUT2D eigenvalue weighted by Gasteiger charge is -2.02. The molecular formula is C11H7ClN2. The van der Waals surface area contributed by atoms with Crippen LogP contribution in [-0.4, -0.2) is 4.98 Å². The Labute approximate surface area is 86.8 Å². The van der Waals surface area contributed by atoms with Crippen LogP contribution in [0.2, 0.25) is 5.02 Å². The highest BCUT2D eigenvalue weighted by molar-refractivity contribution is 6.31. The average Bonchev–Trinajstić information content (AvgIpc) is 2.20. The summed E-state index contributed by atoms with van der Waals surface area (Å²) in [6.07, 6.45) is 1.59. The van der Waals surface area contributed by atoms with Crippen molar-refractivity contribution in [3.63, 3.8) is 0 Å². The standard InChI is InChI=1S/C11H7ClN2/c1-7-8(5-13)6-14-11-3-2-9(12)4-10(7)11/h2-4,6H,1H3. The van der Waals surface area contributed by atoms with Crippen molar-refractivity contribution < 1.29 is 0 Å². The van der Waals surface area contributed by atoms with Gasteiger partial charge in [0.25, 0.3) is 0 Å². The third-order valence-electron chi connectivity index (χ3n) is 2.22. The molecule has 0 atom stereocenters. The molecule has 1 aromatic carbocycles. The van der Waals surface area contributed by atoms with Gasteiger partial charge < -0.3 is 0 Å². The summed E-state index contributed by atoms with van der Waals surface area (Å²) in [6.45, 7) is 1.90. The lowest BCUT2D eigenvalue weighted by molar-refractivity contribution is 1.32. The number of fused-ring (bicyclic) bond motifs is 1. The number of aryl methyl sites for hydroxylation is 1. The van der Waals surface area contributed by atoms with E-state index in [1.807, 2.05) is 19.1 Å². The maximum atomic E-state index is 8.82. The molecule has 0 saturated heterocycles. The van der Waals surface area contributed by atoms with E-state index in [0.717, 1.165) is 16.5 Å². The molecule has 0 amide bonds. The molecule has 2 nitrogen and oxygen atoms in total. The zero-order valence-electron chi connectivity index (χ0n) is 7.58. The third kappa shape index (κ3) is 1.32. The molecule has 0 aliphatic rings. The first-order valence-electron chi connectivity index (χ1n) is 4.17. The van der Waals surface area contributed by atoms with E-state index in [4.69, 9.17) is 16.9 Å². The zero-order valence-corrected chi connectivity index (χ0v) is 8.34. The van der Waals surface area contributed by atoms with Gasteiger partial charge in [-0.1, -0.05) is 11.6 Å². The highest BCUT2D eigenvalue weighted by Gasteiger charge is 2.04. The number of hydrogen-bond acceptors (Lipinski definition) is 2. The highest BCUT2D eigenvalue weighted by Crippen LogP contribution is 2.22. The molecule has 0 spiro atoms. The first kappa shape index (κ1) is 8.98. The maximum absolute atomic E-state index is 8.82. The zero-order chi connectivity index (χ0) is 10.1. The van der Waals surface area contributed by atoms with Crippen LogP contribution in [0.1, 0.15) is 11.1 Å². The largest absolute Gasteiger partial charge is 0.255 e. The number of hydrogen-bond donors (Lipinski definition) is 0. The second kappa shape index (κ2) is 3.28. The smallest absolute Gasteiger partial charge is 0.101 e. The van der Waals surface area contributed by atoms with Crippen molar-refractivity contribution in [1.82, 2.24) is 4.98 Å². The van der Waals surface area contributed by atoms with E-state index in [2.05, 4.69) is 11.1 Å². The van der Waals surface area contributed by atoms with Crippen molar-refractivity contribution >= 4 is 22.5 Å². The van der Waals surface area contributed by atoms with E-state index >= 15 is 0 Å². The van der Waals surface area contributed by atoms with Gasteiger partial charge >= 0.3 is 0 Å². The molecule has 68 valence electrons. The van der Waals surface area contributed by atoms with E-state index in [9.17, 15) is 0 Å². The van der Waals surface area contributed by atoms with E-state index < -0.39 is 0 Å². The topological polar surface area (TPSA) is 36.7 Å². The molecule has 2 rings (SSSR count). The lowest BCUT2D eigenvalue weighted by Crippen LogP contribution is -1.88. The van der Waals surface area contributed by atoms with Crippen LogP contribution >= 0.6 is 11.6 Å². The highest BCUT2D eigenvalue weighted by atomic mass is 35.5. The van der Waals surface area contributed by atoms with E-state index in [1.165, 1.54) is 0 Å². The minimum atomic E-state index is 0.597. The normalized spacial score (nSPS) is 10.1. The van der Waals surface area contributed by atoms with Crippen LogP contribution in [0.3, 0.4) is 0 Å². The number of nitriles is 1. The van der Waals surface area contributed by atoms with Crippen molar-refractivity contribution in [3.05, 3.63) is 40.5 Å². The molecule has 0 saturated carbocycles. The Morgan fingerprint density at radius 3 is 2.93 bits per heavy atom. The number of benzene rings is 1. The molecule has 1 aromatic heterocycles. The second-order valence-corrected chi connectivity index (χ2v) is 3.51. The Hall–Kier alpha value is -1.59. The SMILES string of the molecule is Cc1c(C#N)cnc2ccc(Cl)cc12. The quantitative estimate of drug-likeness (QED) is 0.658.